The fraction of sp³-hybridized carbons (Fsp3) is 0.182. The normalized spacial score (nSPS) is 11.3. The van der Waals surface area contributed by atoms with E-state index in [9.17, 15) is 17.6 Å². The highest BCUT2D eigenvalue weighted by Crippen LogP contribution is 2.22. The van der Waals surface area contributed by atoms with Gasteiger partial charge >= 0.3 is 0 Å². The summed E-state index contributed by atoms with van der Waals surface area (Å²) in [6, 6.07) is 15.9. The van der Waals surface area contributed by atoms with E-state index in [0.29, 0.717) is 10.6 Å². The SMILES string of the molecule is Cc1ccc(S(=O)(=O)CCSc2ncccc2C(=O)NCc2ccc(F)cc2)cc1. The first-order valence-electron chi connectivity index (χ1n) is 9.25. The molecule has 0 spiro atoms. The van der Waals surface area contributed by atoms with Crippen LogP contribution in [0, 0.1) is 12.7 Å². The number of carbonyl (C=O) groups excluding carboxylic acids is 1. The van der Waals surface area contributed by atoms with Crippen molar-refractivity contribution in [3.05, 3.63) is 89.4 Å². The summed E-state index contributed by atoms with van der Waals surface area (Å²) in [5.74, 6) is -0.452. The van der Waals surface area contributed by atoms with E-state index in [2.05, 4.69) is 10.3 Å². The minimum atomic E-state index is -3.41. The second-order valence-corrected chi connectivity index (χ2v) is 9.84. The molecule has 30 heavy (non-hydrogen) atoms. The highest BCUT2D eigenvalue weighted by molar-refractivity contribution is 8.00. The minimum Gasteiger partial charge on any atom is -0.348 e. The van der Waals surface area contributed by atoms with E-state index in [4.69, 9.17) is 0 Å². The lowest BCUT2D eigenvalue weighted by Gasteiger charge is -2.10. The molecule has 156 valence electrons. The van der Waals surface area contributed by atoms with Gasteiger partial charge in [-0.2, -0.15) is 0 Å². The van der Waals surface area contributed by atoms with E-state index < -0.39 is 9.84 Å². The number of halogens is 1. The number of rotatable bonds is 8. The van der Waals surface area contributed by atoms with Gasteiger partial charge in [0, 0.05) is 18.5 Å². The van der Waals surface area contributed by atoms with E-state index in [1.165, 1.54) is 23.9 Å². The molecule has 1 aromatic heterocycles. The Hall–Kier alpha value is -2.71. The summed E-state index contributed by atoms with van der Waals surface area (Å²) in [6.07, 6.45) is 1.56. The van der Waals surface area contributed by atoms with Gasteiger partial charge in [0.1, 0.15) is 10.8 Å². The van der Waals surface area contributed by atoms with E-state index in [0.717, 1.165) is 11.1 Å². The molecule has 1 N–H and O–H groups in total. The molecule has 0 fully saturated rings. The molecule has 0 aliphatic rings. The Morgan fingerprint density at radius 2 is 1.77 bits per heavy atom. The Kier molecular flexibility index (Phi) is 7.23. The topological polar surface area (TPSA) is 76.1 Å². The molecular weight excluding hydrogens is 423 g/mol. The highest BCUT2D eigenvalue weighted by Gasteiger charge is 2.17. The fourth-order valence-electron chi connectivity index (χ4n) is 2.67. The third-order valence-corrected chi connectivity index (χ3v) is 7.35. The van der Waals surface area contributed by atoms with Crippen molar-refractivity contribution in [3.63, 3.8) is 0 Å². The number of carbonyl (C=O) groups is 1. The monoisotopic (exact) mass is 444 g/mol. The van der Waals surface area contributed by atoms with Gasteiger partial charge in [0.2, 0.25) is 0 Å². The summed E-state index contributed by atoms with van der Waals surface area (Å²) in [6.45, 7) is 2.15. The maximum atomic E-state index is 13.0. The van der Waals surface area contributed by atoms with E-state index in [-0.39, 0.29) is 34.7 Å². The molecule has 0 atom stereocenters. The number of sulfone groups is 1. The van der Waals surface area contributed by atoms with Gasteiger partial charge in [-0.1, -0.05) is 29.8 Å². The second-order valence-electron chi connectivity index (χ2n) is 6.65. The molecule has 8 heteroatoms. The molecule has 0 unspecified atom stereocenters. The summed E-state index contributed by atoms with van der Waals surface area (Å²) >= 11 is 1.22. The van der Waals surface area contributed by atoms with Gasteiger partial charge in [-0.05, 0) is 48.9 Å². The first kappa shape index (κ1) is 22.0. The van der Waals surface area contributed by atoms with Crippen LogP contribution in [0.1, 0.15) is 21.5 Å². The van der Waals surface area contributed by atoms with Gasteiger partial charge in [0.25, 0.3) is 5.91 Å². The molecule has 0 aliphatic carbocycles. The molecule has 0 saturated carbocycles. The number of hydrogen-bond donors (Lipinski definition) is 1. The molecule has 5 nitrogen and oxygen atoms in total. The lowest BCUT2D eigenvalue weighted by molar-refractivity contribution is 0.0947. The lowest BCUT2D eigenvalue weighted by atomic mass is 10.2. The lowest BCUT2D eigenvalue weighted by Crippen LogP contribution is -2.23. The van der Waals surface area contributed by atoms with Crippen molar-refractivity contribution in [2.75, 3.05) is 11.5 Å². The van der Waals surface area contributed by atoms with Crippen molar-refractivity contribution < 1.29 is 17.6 Å². The van der Waals surface area contributed by atoms with Crippen LogP contribution in [0.4, 0.5) is 4.39 Å². The molecule has 0 aliphatic heterocycles. The summed E-state index contributed by atoms with van der Waals surface area (Å²) < 4.78 is 38.0. The van der Waals surface area contributed by atoms with Crippen molar-refractivity contribution >= 4 is 27.5 Å². The van der Waals surface area contributed by atoms with Crippen molar-refractivity contribution in [2.45, 2.75) is 23.4 Å². The second kappa shape index (κ2) is 9.86. The zero-order valence-electron chi connectivity index (χ0n) is 16.3. The number of pyridine rings is 1. The van der Waals surface area contributed by atoms with Gasteiger partial charge in [0.05, 0.1) is 16.2 Å². The quantitative estimate of drug-likeness (QED) is 0.531. The standard InChI is InChI=1S/C22H21FN2O3S2/c1-16-4-10-19(11-5-16)30(27,28)14-13-29-22-20(3-2-12-24-22)21(26)25-15-17-6-8-18(23)9-7-17/h2-12H,13-15H2,1H3,(H,25,26). The molecule has 0 bridgehead atoms. The smallest absolute Gasteiger partial charge is 0.254 e. The van der Waals surface area contributed by atoms with Crippen LogP contribution in [-0.4, -0.2) is 30.8 Å². The third kappa shape index (κ3) is 5.90. The van der Waals surface area contributed by atoms with Crippen molar-refractivity contribution in [3.8, 4) is 0 Å². The van der Waals surface area contributed by atoms with Gasteiger partial charge in [-0.25, -0.2) is 17.8 Å². The summed E-state index contributed by atoms with van der Waals surface area (Å²) in [5.41, 5.74) is 2.14. The van der Waals surface area contributed by atoms with Crippen LogP contribution in [0.5, 0.6) is 0 Å². The van der Waals surface area contributed by atoms with E-state index in [1.807, 2.05) is 6.92 Å². The van der Waals surface area contributed by atoms with E-state index >= 15 is 0 Å². The molecule has 1 amide bonds. The minimum absolute atomic E-state index is 0.0616. The highest BCUT2D eigenvalue weighted by atomic mass is 32.2. The number of nitrogens with zero attached hydrogens (tertiary/aromatic N) is 1. The average molecular weight is 445 g/mol. The number of hydrogen-bond acceptors (Lipinski definition) is 5. The Bertz CT molecular complexity index is 1120. The molecule has 2 aromatic carbocycles. The molecule has 0 saturated heterocycles. The Morgan fingerprint density at radius 3 is 2.47 bits per heavy atom. The number of aromatic nitrogens is 1. The van der Waals surface area contributed by atoms with Gasteiger partial charge < -0.3 is 5.32 Å². The van der Waals surface area contributed by atoms with Crippen LogP contribution in [-0.2, 0) is 16.4 Å². The average Bonchev–Trinajstić information content (AvgIpc) is 2.74. The predicted molar refractivity (Wildman–Crippen MR) is 116 cm³/mol. The molecular formula is C22H21FN2O3S2. The molecule has 3 aromatic rings. The number of aryl methyl sites for hydroxylation is 1. The van der Waals surface area contributed by atoms with Crippen LogP contribution in [0.15, 0.2) is 76.8 Å². The van der Waals surface area contributed by atoms with E-state index in [1.54, 1.807) is 54.7 Å². The molecule has 1 heterocycles. The third-order valence-electron chi connectivity index (χ3n) is 4.35. The van der Waals surface area contributed by atoms with Crippen molar-refractivity contribution in [1.82, 2.24) is 10.3 Å². The predicted octanol–water partition coefficient (Wildman–Crippen LogP) is 4.03. The van der Waals surface area contributed by atoms with Gasteiger partial charge in [0.15, 0.2) is 9.84 Å². The Labute approximate surface area is 179 Å². The molecule has 3 rings (SSSR count). The van der Waals surface area contributed by atoms with Crippen LogP contribution < -0.4 is 5.32 Å². The van der Waals surface area contributed by atoms with Gasteiger partial charge in [-0.3, -0.25) is 4.79 Å². The molecule has 0 radical (unpaired) electrons. The van der Waals surface area contributed by atoms with Crippen molar-refractivity contribution in [2.24, 2.45) is 0 Å². The maximum Gasteiger partial charge on any atom is 0.254 e. The fourth-order valence-corrected chi connectivity index (χ4v) is 5.31. The number of thioether (sulfide) groups is 1. The Balaban J connectivity index is 1.61. The zero-order chi connectivity index (χ0) is 21.6. The van der Waals surface area contributed by atoms with Crippen LogP contribution in [0.3, 0.4) is 0 Å². The zero-order valence-corrected chi connectivity index (χ0v) is 18.0. The number of nitrogens with one attached hydrogen (secondary N) is 1. The first-order chi connectivity index (χ1) is 14.3. The van der Waals surface area contributed by atoms with Crippen molar-refractivity contribution in [1.29, 1.82) is 0 Å². The first-order valence-corrected chi connectivity index (χ1v) is 11.9. The van der Waals surface area contributed by atoms with Crippen LogP contribution in [0.2, 0.25) is 0 Å². The largest absolute Gasteiger partial charge is 0.348 e. The number of amides is 1. The summed E-state index contributed by atoms with van der Waals surface area (Å²) in [4.78, 5) is 17.1. The number of benzene rings is 2. The van der Waals surface area contributed by atoms with Gasteiger partial charge in [-0.15, -0.1) is 11.8 Å². The Morgan fingerprint density at radius 1 is 1.07 bits per heavy atom. The maximum absolute atomic E-state index is 13.0. The summed E-state index contributed by atoms with van der Waals surface area (Å²) in [5, 5.41) is 3.25. The summed E-state index contributed by atoms with van der Waals surface area (Å²) in [7, 11) is -3.41. The van der Waals surface area contributed by atoms with Crippen LogP contribution >= 0.6 is 11.8 Å². The van der Waals surface area contributed by atoms with Crippen LogP contribution in [0.25, 0.3) is 0 Å².